The molecule has 0 bridgehead atoms. The summed E-state index contributed by atoms with van der Waals surface area (Å²) in [6.07, 6.45) is 0.417. The van der Waals surface area contributed by atoms with Gasteiger partial charge in [-0.25, -0.2) is 4.79 Å². The Labute approximate surface area is 158 Å². The van der Waals surface area contributed by atoms with Crippen molar-refractivity contribution < 1.29 is 14.3 Å². The lowest BCUT2D eigenvalue weighted by atomic mass is 10.2. The fraction of sp³-hybridized carbons (Fsp3) is 0.889. The Bertz CT molecular complexity index is 431. The van der Waals surface area contributed by atoms with Gasteiger partial charge in [0, 0.05) is 38.8 Å². The van der Waals surface area contributed by atoms with E-state index < -0.39 is 5.60 Å². The fourth-order valence-electron chi connectivity index (χ4n) is 2.50. The van der Waals surface area contributed by atoms with Crippen LogP contribution in [0.4, 0.5) is 4.79 Å². The number of rotatable bonds is 8. The van der Waals surface area contributed by atoms with Crippen molar-refractivity contribution in [3.05, 3.63) is 0 Å². The molecule has 1 aliphatic heterocycles. The van der Waals surface area contributed by atoms with Gasteiger partial charge in [0.2, 0.25) is 0 Å². The van der Waals surface area contributed by atoms with Crippen molar-refractivity contribution in [3.63, 3.8) is 0 Å². The van der Waals surface area contributed by atoms with Crippen molar-refractivity contribution >= 4 is 12.1 Å². The highest BCUT2D eigenvalue weighted by atomic mass is 16.6. The minimum atomic E-state index is -0.468. The highest BCUT2D eigenvalue weighted by Crippen LogP contribution is 2.06. The Hall–Kier alpha value is -1.54. The van der Waals surface area contributed by atoms with Gasteiger partial charge in [-0.15, -0.1) is 0 Å². The molecular weight excluding hydrogens is 334 g/mol. The number of nitrogens with one attached hydrogen (secondary N) is 3. The second-order valence-corrected chi connectivity index (χ2v) is 7.43. The van der Waals surface area contributed by atoms with Crippen LogP contribution >= 0.6 is 0 Å². The molecular formula is C18H37N5O3. The number of hydrogen-bond acceptors (Lipinski definition) is 5. The molecule has 0 aliphatic carbocycles. The van der Waals surface area contributed by atoms with Crippen LogP contribution in [0.5, 0.6) is 0 Å². The quantitative estimate of drug-likeness (QED) is 0.337. The van der Waals surface area contributed by atoms with E-state index in [1.807, 2.05) is 27.7 Å². The van der Waals surface area contributed by atoms with Crippen molar-refractivity contribution in [2.75, 3.05) is 52.5 Å². The maximum absolute atomic E-state index is 11.6. The van der Waals surface area contributed by atoms with E-state index in [1.54, 1.807) is 0 Å². The highest BCUT2D eigenvalue weighted by molar-refractivity contribution is 5.79. The normalized spacial score (nSPS) is 17.5. The number of aliphatic imine (C=N–C) groups is 1. The number of morpholine rings is 1. The monoisotopic (exact) mass is 371 g/mol. The number of carbonyl (C=O) groups is 1. The van der Waals surface area contributed by atoms with Crippen LogP contribution in [0.3, 0.4) is 0 Å². The van der Waals surface area contributed by atoms with Crippen LogP contribution in [0.1, 0.15) is 41.0 Å². The topological polar surface area (TPSA) is 87.2 Å². The third-order valence-electron chi connectivity index (χ3n) is 3.84. The first kappa shape index (κ1) is 22.5. The van der Waals surface area contributed by atoms with Crippen molar-refractivity contribution in [1.29, 1.82) is 0 Å². The molecule has 1 heterocycles. The van der Waals surface area contributed by atoms with E-state index in [0.29, 0.717) is 12.6 Å². The van der Waals surface area contributed by atoms with E-state index in [1.165, 1.54) is 0 Å². The van der Waals surface area contributed by atoms with Gasteiger partial charge < -0.3 is 25.4 Å². The lowest BCUT2D eigenvalue weighted by Gasteiger charge is -2.31. The van der Waals surface area contributed by atoms with Gasteiger partial charge in [0.1, 0.15) is 5.60 Å². The second kappa shape index (κ2) is 12.0. The summed E-state index contributed by atoms with van der Waals surface area (Å²) in [6, 6.07) is 0.392. The molecule has 0 spiro atoms. The average Bonchev–Trinajstić information content (AvgIpc) is 2.58. The molecule has 1 aliphatic rings. The Morgan fingerprint density at radius 1 is 1.19 bits per heavy atom. The third kappa shape index (κ3) is 10.5. The maximum Gasteiger partial charge on any atom is 0.407 e. The van der Waals surface area contributed by atoms with Gasteiger partial charge in [0.25, 0.3) is 0 Å². The van der Waals surface area contributed by atoms with Gasteiger partial charge in [-0.1, -0.05) is 0 Å². The summed E-state index contributed by atoms with van der Waals surface area (Å²) in [4.78, 5) is 18.7. The van der Waals surface area contributed by atoms with E-state index in [2.05, 4.69) is 32.8 Å². The molecule has 8 nitrogen and oxygen atoms in total. The Balaban J connectivity index is 2.26. The summed E-state index contributed by atoms with van der Waals surface area (Å²) in [7, 11) is 0. The van der Waals surface area contributed by atoms with Crippen molar-refractivity contribution in [2.24, 2.45) is 4.99 Å². The molecule has 0 aromatic carbocycles. The SMILES string of the molecule is CCNC(=NCC(C)N1CCOCC1)NCCCNC(=O)OC(C)(C)C. The summed E-state index contributed by atoms with van der Waals surface area (Å²) in [5, 5.41) is 9.32. The zero-order valence-electron chi connectivity index (χ0n) is 17.1. The van der Waals surface area contributed by atoms with E-state index in [4.69, 9.17) is 9.47 Å². The molecule has 1 atom stereocenters. The number of amides is 1. The van der Waals surface area contributed by atoms with Crippen LogP contribution in [0.2, 0.25) is 0 Å². The molecule has 0 radical (unpaired) electrons. The Kier molecular flexibility index (Phi) is 10.3. The van der Waals surface area contributed by atoms with Crippen molar-refractivity contribution in [2.45, 2.75) is 52.7 Å². The standard InChI is InChI=1S/C18H37N5O3/c1-6-19-16(22-14-15(2)23-10-12-25-13-11-23)20-8-7-9-21-17(24)26-18(3,4)5/h15H,6-14H2,1-5H3,(H,21,24)(H2,19,20,22). The first-order chi connectivity index (χ1) is 12.3. The molecule has 0 aromatic heterocycles. The first-order valence-electron chi connectivity index (χ1n) is 9.62. The molecule has 1 rings (SSSR count). The number of guanidine groups is 1. The summed E-state index contributed by atoms with van der Waals surface area (Å²) < 4.78 is 10.6. The number of nitrogens with zero attached hydrogens (tertiary/aromatic N) is 2. The number of ether oxygens (including phenoxy) is 2. The molecule has 3 N–H and O–H groups in total. The van der Waals surface area contributed by atoms with Gasteiger partial charge in [-0.2, -0.15) is 0 Å². The zero-order chi connectivity index (χ0) is 19.4. The molecule has 1 saturated heterocycles. The van der Waals surface area contributed by atoms with Crippen molar-refractivity contribution in [1.82, 2.24) is 20.9 Å². The maximum atomic E-state index is 11.6. The van der Waals surface area contributed by atoms with E-state index in [0.717, 1.165) is 58.3 Å². The highest BCUT2D eigenvalue weighted by Gasteiger charge is 2.17. The van der Waals surface area contributed by atoms with Crippen LogP contribution in [0, 0.1) is 0 Å². The first-order valence-corrected chi connectivity index (χ1v) is 9.62. The molecule has 1 amide bonds. The number of alkyl carbamates (subject to hydrolysis) is 1. The Morgan fingerprint density at radius 3 is 2.46 bits per heavy atom. The molecule has 26 heavy (non-hydrogen) atoms. The van der Waals surface area contributed by atoms with Crippen LogP contribution in [0.15, 0.2) is 4.99 Å². The van der Waals surface area contributed by atoms with Gasteiger partial charge in [-0.05, 0) is 41.0 Å². The van der Waals surface area contributed by atoms with E-state index in [-0.39, 0.29) is 6.09 Å². The number of carbonyl (C=O) groups excluding carboxylic acids is 1. The lowest BCUT2D eigenvalue weighted by Crippen LogP contribution is -2.44. The summed E-state index contributed by atoms with van der Waals surface area (Å²) in [5.41, 5.74) is -0.468. The predicted octanol–water partition coefficient (Wildman–Crippen LogP) is 1.18. The van der Waals surface area contributed by atoms with Gasteiger partial charge in [0.15, 0.2) is 5.96 Å². The van der Waals surface area contributed by atoms with E-state index >= 15 is 0 Å². The lowest BCUT2D eigenvalue weighted by molar-refractivity contribution is 0.0220. The molecule has 152 valence electrons. The average molecular weight is 372 g/mol. The minimum absolute atomic E-state index is 0.377. The molecule has 1 unspecified atom stereocenters. The van der Waals surface area contributed by atoms with Gasteiger partial charge in [0.05, 0.1) is 19.8 Å². The van der Waals surface area contributed by atoms with Crippen LogP contribution < -0.4 is 16.0 Å². The minimum Gasteiger partial charge on any atom is -0.444 e. The van der Waals surface area contributed by atoms with Crippen LogP contribution in [-0.2, 0) is 9.47 Å². The third-order valence-corrected chi connectivity index (χ3v) is 3.84. The van der Waals surface area contributed by atoms with E-state index in [9.17, 15) is 4.79 Å². The number of hydrogen-bond donors (Lipinski definition) is 3. The van der Waals surface area contributed by atoms with Gasteiger partial charge >= 0.3 is 6.09 Å². The molecule has 1 fully saturated rings. The predicted molar refractivity (Wildman–Crippen MR) is 105 cm³/mol. The smallest absolute Gasteiger partial charge is 0.407 e. The summed E-state index contributed by atoms with van der Waals surface area (Å²) in [6.45, 7) is 16.2. The fourth-order valence-corrected chi connectivity index (χ4v) is 2.50. The zero-order valence-corrected chi connectivity index (χ0v) is 17.1. The van der Waals surface area contributed by atoms with Crippen molar-refractivity contribution in [3.8, 4) is 0 Å². The second-order valence-electron chi connectivity index (χ2n) is 7.43. The van der Waals surface area contributed by atoms with Crippen LogP contribution in [-0.4, -0.2) is 81.1 Å². The summed E-state index contributed by atoms with van der Waals surface area (Å²) in [5.74, 6) is 0.810. The van der Waals surface area contributed by atoms with Gasteiger partial charge in [-0.3, -0.25) is 9.89 Å². The Morgan fingerprint density at radius 2 is 1.85 bits per heavy atom. The molecule has 8 heteroatoms. The largest absolute Gasteiger partial charge is 0.444 e. The molecule has 0 saturated carbocycles. The van der Waals surface area contributed by atoms with Crippen LogP contribution in [0.25, 0.3) is 0 Å². The summed E-state index contributed by atoms with van der Waals surface area (Å²) >= 11 is 0. The molecule has 0 aromatic rings.